The number of fused-ring (bicyclic) bond motifs is 1. The quantitative estimate of drug-likeness (QED) is 0.568. The Morgan fingerprint density at radius 3 is 2.34 bits per heavy atom. The lowest BCUT2D eigenvalue weighted by atomic mass is 9.92. The van der Waals surface area contributed by atoms with Gasteiger partial charge in [-0.2, -0.15) is 4.31 Å². The van der Waals surface area contributed by atoms with Crippen LogP contribution in [0.25, 0.3) is 0 Å². The van der Waals surface area contributed by atoms with Crippen molar-refractivity contribution in [2.75, 3.05) is 46.0 Å². The van der Waals surface area contributed by atoms with Crippen molar-refractivity contribution in [1.29, 1.82) is 0 Å². The van der Waals surface area contributed by atoms with E-state index in [1.54, 1.807) is 11.0 Å². The molecule has 1 aliphatic heterocycles. The van der Waals surface area contributed by atoms with Crippen LogP contribution in [0.2, 0.25) is 0 Å². The number of carbonyl (C=O) groups excluding carboxylic acids is 1. The molecule has 0 saturated carbocycles. The van der Waals surface area contributed by atoms with Gasteiger partial charge in [0, 0.05) is 26.2 Å². The van der Waals surface area contributed by atoms with Crippen molar-refractivity contribution in [3.05, 3.63) is 59.7 Å². The number of para-hydroxylation sites is 1. The Hall–Kier alpha value is -2.42. The molecule has 1 fully saturated rings. The fraction of sp³-hybridized carbons (Fsp3) is 0.458. The molecular formula is C24H30N2O5S. The van der Waals surface area contributed by atoms with E-state index in [4.69, 9.17) is 9.47 Å². The summed E-state index contributed by atoms with van der Waals surface area (Å²) in [5.41, 5.74) is 2.42. The predicted molar refractivity (Wildman–Crippen MR) is 121 cm³/mol. The number of aryl methyl sites for hydroxylation is 2. The van der Waals surface area contributed by atoms with Gasteiger partial charge < -0.3 is 14.4 Å². The average molecular weight is 459 g/mol. The number of hydrogen-bond donors (Lipinski definition) is 0. The van der Waals surface area contributed by atoms with Gasteiger partial charge in [-0.25, -0.2) is 8.42 Å². The zero-order valence-electron chi connectivity index (χ0n) is 18.2. The number of piperazine rings is 1. The number of nitrogens with zero attached hydrogens (tertiary/aromatic N) is 2. The molecule has 0 radical (unpaired) electrons. The predicted octanol–water partition coefficient (Wildman–Crippen LogP) is 2.49. The standard InChI is InChI=1S/C24H30N2O5S/c27-24(19-30-16-17-31-22-8-2-1-3-9-22)25-12-14-26(15-13-25)32(28,29)23-11-10-20-6-4-5-7-21(20)18-23/h1-3,8-11,18H,4-7,12-17,19H2. The summed E-state index contributed by atoms with van der Waals surface area (Å²) in [5.74, 6) is 0.634. The molecule has 0 unspecified atom stereocenters. The molecule has 1 amide bonds. The highest BCUT2D eigenvalue weighted by Crippen LogP contribution is 2.26. The van der Waals surface area contributed by atoms with E-state index in [1.807, 2.05) is 42.5 Å². The second-order valence-electron chi connectivity index (χ2n) is 8.14. The lowest BCUT2D eigenvalue weighted by Gasteiger charge is -2.34. The van der Waals surface area contributed by atoms with Crippen LogP contribution in [0.5, 0.6) is 5.75 Å². The first-order valence-electron chi connectivity index (χ1n) is 11.2. The summed E-state index contributed by atoms with van der Waals surface area (Å²) in [5, 5.41) is 0. The van der Waals surface area contributed by atoms with E-state index in [1.165, 1.54) is 16.3 Å². The number of carbonyl (C=O) groups is 1. The molecule has 7 nitrogen and oxygen atoms in total. The summed E-state index contributed by atoms with van der Waals surface area (Å²) in [6, 6.07) is 15.0. The van der Waals surface area contributed by atoms with Gasteiger partial charge in [-0.3, -0.25) is 4.79 Å². The molecule has 2 aliphatic rings. The molecule has 8 heteroatoms. The van der Waals surface area contributed by atoms with Crippen LogP contribution in [-0.2, 0) is 32.4 Å². The molecule has 2 aromatic carbocycles. The number of hydrogen-bond acceptors (Lipinski definition) is 5. The third-order valence-electron chi connectivity index (χ3n) is 6.01. The Bertz CT molecular complexity index is 1020. The van der Waals surface area contributed by atoms with Crippen molar-refractivity contribution in [2.45, 2.75) is 30.6 Å². The van der Waals surface area contributed by atoms with Crippen molar-refractivity contribution in [1.82, 2.24) is 9.21 Å². The normalized spacial score (nSPS) is 17.1. The van der Waals surface area contributed by atoms with Crippen LogP contribution in [-0.4, -0.2) is 69.5 Å². The molecule has 0 atom stereocenters. The highest BCUT2D eigenvalue weighted by atomic mass is 32.2. The smallest absolute Gasteiger partial charge is 0.248 e. The first-order chi connectivity index (χ1) is 15.5. The van der Waals surface area contributed by atoms with E-state index in [9.17, 15) is 13.2 Å². The number of sulfonamides is 1. The second kappa shape index (κ2) is 10.5. The average Bonchev–Trinajstić information content (AvgIpc) is 2.84. The van der Waals surface area contributed by atoms with Crippen molar-refractivity contribution in [2.24, 2.45) is 0 Å². The molecule has 1 aliphatic carbocycles. The lowest BCUT2D eigenvalue weighted by molar-refractivity contribution is -0.137. The zero-order chi connectivity index (χ0) is 22.4. The summed E-state index contributed by atoms with van der Waals surface area (Å²) in [4.78, 5) is 14.4. The topological polar surface area (TPSA) is 76.2 Å². The molecule has 0 N–H and O–H groups in total. The summed E-state index contributed by atoms with van der Waals surface area (Å²) in [7, 11) is -3.55. The SMILES string of the molecule is O=C(COCCOc1ccccc1)N1CCN(S(=O)(=O)c2ccc3c(c2)CCCC3)CC1. The number of ether oxygens (including phenoxy) is 2. The van der Waals surface area contributed by atoms with Crippen LogP contribution in [0.1, 0.15) is 24.0 Å². The fourth-order valence-electron chi connectivity index (χ4n) is 4.18. The molecule has 0 bridgehead atoms. The first kappa shape index (κ1) is 22.8. The highest BCUT2D eigenvalue weighted by Gasteiger charge is 2.30. The molecule has 4 rings (SSSR count). The Kier molecular flexibility index (Phi) is 7.44. The number of benzene rings is 2. The molecule has 1 saturated heterocycles. The van der Waals surface area contributed by atoms with Crippen molar-refractivity contribution >= 4 is 15.9 Å². The van der Waals surface area contributed by atoms with E-state index in [-0.39, 0.29) is 12.5 Å². The largest absolute Gasteiger partial charge is 0.491 e. The fourth-order valence-corrected chi connectivity index (χ4v) is 5.66. The van der Waals surface area contributed by atoms with E-state index in [0.717, 1.165) is 30.6 Å². The van der Waals surface area contributed by atoms with Gasteiger partial charge in [-0.15, -0.1) is 0 Å². The van der Waals surface area contributed by atoms with Crippen LogP contribution in [0.3, 0.4) is 0 Å². The number of amides is 1. The van der Waals surface area contributed by atoms with Crippen LogP contribution in [0, 0.1) is 0 Å². The molecule has 32 heavy (non-hydrogen) atoms. The maximum absolute atomic E-state index is 13.1. The molecular weight excluding hydrogens is 428 g/mol. The minimum absolute atomic E-state index is 0.0320. The monoisotopic (exact) mass is 458 g/mol. The van der Waals surface area contributed by atoms with Crippen molar-refractivity contribution < 1.29 is 22.7 Å². The Balaban J connectivity index is 1.22. The van der Waals surface area contributed by atoms with E-state index in [0.29, 0.717) is 44.3 Å². The molecule has 0 spiro atoms. The Morgan fingerprint density at radius 1 is 0.875 bits per heavy atom. The van der Waals surface area contributed by atoms with Crippen LogP contribution in [0.15, 0.2) is 53.4 Å². The van der Waals surface area contributed by atoms with Crippen LogP contribution in [0.4, 0.5) is 0 Å². The summed E-state index contributed by atoms with van der Waals surface area (Å²) < 4.78 is 38.6. The highest BCUT2D eigenvalue weighted by molar-refractivity contribution is 7.89. The lowest BCUT2D eigenvalue weighted by Crippen LogP contribution is -2.51. The Morgan fingerprint density at radius 2 is 1.59 bits per heavy atom. The van der Waals surface area contributed by atoms with Gasteiger partial charge in [0.05, 0.1) is 11.5 Å². The number of rotatable bonds is 8. The van der Waals surface area contributed by atoms with Gasteiger partial charge in [0.15, 0.2) is 0 Å². The molecule has 0 aromatic heterocycles. The third-order valence-corrected chi connectivity index (χ3v) is 7.91. The molecule has 2 aromatic rings. The first-order valence-corrected chi connectivity index (χ1v) is 12.6. The van der Waals surface area contributed by atoms with Crippen LogP contribution >= 0.6 is 0 Å². The van der Waals surface area contributed by atoms with E-state index in [2.05, 4.69) is 0 Å². The van der Waals surface area contributed by atoms with Gasteiger partial charge in [0.2, 0.25) is 15.9 Å². The molecule has 1 heterocycles. The minimum atomic E-state index is -3.55. The van der Waals surface area contributed by atoms with Gasteiger partial charge >= 0.3 is 0 Å². The van der Waals surface area contributed by atoms with E-state index < -0.39 is 10.0 Å². The third kappa shape index (κ3) is 5.49. The Labute approximate surface area is 190 Å². The van der Waals surface area contributed by atoms with Crippen molar-refractivity contribution in [3.63, 3.8) is 0 Å². The summed E-state index contributed by atoms with van der Waals surface area (Å²) in [6.07, 6.45) is 4.24. The summed E-state index contributed by atoms with van der Waals surface area (Å²) in [6.45, 7) is 1.97. The minimum Gasteiger partial charge on any atom is -0.491 e. The summed E-state index contributed by atoms with van der Waals surface area (Å²) >= 11 is 0. The van der Waals surface area contributed by atoms with Gasteiger partial charge in [-0.1, -0.05) is 24.3 Å². The van der Waals surface area contributed by atoms with Crippen LogP contribution < -0.4 is 4.74 Å². The van der Waals surface area contributed by atoms with Gasteiger partial charge in [-0.05, 0) is 61.1 Å². The zero-order valence-corrected chi connectivity index (χ0v) is 19.1. The van der Waals surface area contributed by atoms with Crippen molar-refractivity contribution in [3.8, 4) is 5.75 Å². The maximum atomic E-state index is 13.1. The second-order valence-corrected chi connectivity index (χ2v) is 10.1. The van der Waals surface area contributed by atoms with Gasteiger partial charge in [0.25, 0.3) is 0 Å². The van der Waals surface area contributed by atoms with E-state index >= 15 is 0 Å². The van der Waals surface area contributed by atoms with Gasteiger partial charge in [0.1, 0.15) is 19.0 Å². The molecule has 172 valence electrons. The maximum Gasteiger partial charge on any atom is 0.248 e.